The zero-order chi connectivity index (χ0) is 19.1. The van der Waals surface area contributed by atoms with Gasteiger partial charge in [0.2, 0.25) is 18.5 Å². The number of amides is 1. The van der Waals surface area contributed by atoms with E-state index in [1.54, 1.807) is 35.2 Å². The summed E-state index contributed by atoms with van der Waals surface area (Å²) >= 11 is 0. The van der Waals surface area contributed by atoms with Crippen LogP contribution in [0.4, 0.5) is 4.39 Å². The predicted octanol–water partition coefficient (Wildman–Crippen LogP) is 3.58. The maximum Gasteiger partial charge on any atom is 0.254 e. The number of ether oxygens (including phenoxy) is 2. The summed E-state index contributed by atoms with van der Waals surface area (Å²) in [5.41, 5.74) is 1.18. The SMILES string of the molecule is O=C(c1ccc2c(c1)OCO2)N1CCC[C@@H]1c1nc(-c2ccc(F)cc2)no1. The van der Waals surface area contributed by atoms with Gasteiger partial charge in [-0.2, -0.15) is 4.98 Å². The summed E-state index contributed by atoms with van der Waals surface area (Å²) in [7, 11) is 0. The van der Waals surface area contributed by atoms with Gasteiger partial charge in [0.1, 0.15) is 11.9 Å². The molecule has 3 aromatic rings. The number of rotatable bonds is 3. The highest BCUT2D eigenvalue weighted by Crippen LogP contribution is 2.36. The van der Waals surface area contributed by atoms with Gasteiger partial charge in [-0.1, -0.05) is 5.16 Å². The molecule has 5 rings (SSSR count). The molecule has 1 amide bonds. The molecule has 2 aliphatic rings. The predicted molar refractivity (Wildman–Crippen MR) is 95.3 cm³/mol. The van der Waals surface area contributed by atoms with Crippen LogP contribution in [0.15, 0.2) is 47.0 Å². The zero-order valence-electron chi connectivity index (χ0n) is 14.8. The minimum atomic E-state index is -0.330. The van der Waals surface area contributed by atoms with E-state index >= 15 is 0 Å². The number of fused-ring (bicyclic) bond motifs is 1. The molecule has 1 aromatic heterocycles. The standard InChI is InChI=1S/C20H16FN3O4/c21-14-6-3-12(4-7-14)18-22-19(28-23-18)15-2-1-9-24(15)20(25)13-5-8-16-17(10-13)27-11-26-16/h3-8,10,15H,1-2,9,11H2/t15-/m1/s1. The van der Waals surface area contributed by atoms with Gasteiger partial charge in [-0.3, -0.25) is 4.79 Å². The summed E-state index contributed by atoms with van der Waals surface area (Å²) in [6, 6.07) is 10.7. The van der Waals surface area contributed by atoms with E-state index < -0.39 is 0 Å². The minimum absolute atomic E-state index is 0.123. The summed E-state index contributed by atoms with van der Waals surface area (Å²) in [6.07, 6.45) is 1.58. The quantitative estimate of drug-likeness (QED) is 0.690. The molecule has 28 heavy (non-hydrogen) atoms. The van der Waals surface area contributed by atoms with Crippen molar-refractivity contribution in [2.45, 2.75) is 18.9 Å². The number of nitrogens with zero attached hydrogens (tertiary/aromatic N) is 3. The smallest absolute Gasteiger partial charge is 0.254 e. The number of benzene rings is 2. The van der Waals surface area contributed by atoms with Crippen LogP contribution in [0.25, 0.3) is 11.4 Å². The zero-order valence-corrected chi connectivity index (χ0v) is 14.8. The van der Waals surface area contributed by atoms with Crippen molar-refractivity contribution >= 4 is 5.91 Å². The molecule has 142 valence electrons. The van der Waals surface area contributed by atoms with E-state index in [-0.39, 0.29) is 24.6 Å². The van der Waals surface area contributed by atoms with Crippen LogP contribution < -0.4 is 9.47 Å². The molecule has 2 aromatic carbocycles. The van der Waals surface area contributed by atoms with Crippen LogP contribution in [0.1, 0.15) is 35.1 Å². The molecule has 0 bridgehead atoms. The van der Waals surface area contributed by atoms with Gasteiger partial charge in [0.15, 0.2) is 11.5 Å². The molecule has 8 heteroatoms. The Morgan fingerprint density at radius 3 is 2.79 bits per heavy atom. The second kappa shape index (κ2) is 6.63. The van der Waals surface area contributed by atoms with Gasteiger partial charge in [-0.25, -0.2) is 4.39 Å². The van der Waals surface area contributed by atoms with E-state index in [1.165, 1.54) is 12.1 Å². The van der Waals surface area contributed by atoms with Crippen LogP contribution in [0.2, 0.25) is 0 Å². The van der Waals surface area contributed by atoms with Gasteiger partial charge in [-0.15, -0.1) is 0 Å². The van der Waals surface area contributed by atoms with Crippen molar-refractivity contribution < 1.29 is 23.2 Å². The third kappa shape index (κ3) is 2.87. The van der Waals surface area contributed by atoms with Crippen molar-refractivity contribution in [2.75, 3.05) is 13.3 Å². The van der Waals surface area contributed by atoms with Crippen molar-refractivity contribution in [3.8, 4) is 22.9 Å². The molecule has 7 nitrogen and oxygen atoms in total. The van der Waals surface area contributed by atoms with Gasteiger partial charge in [0.05, 0.1) is 0 Å². The third-order valence-electron chi connectivity index (χ3n) is 4.96. The number of halogens is 1. The Hall–Kier alpha value is -3.42. The molecule has 3 heterocycles. The van der Waals surface area contributed by atoms with Crippen LogP contribution >= 0.6 is 0 Å². The van der Waals surface area contributed by atoms with Crippen molar-refractivity contribution in [2.24, 2.45) is 0 Å². The van der Waals surface area contributed by atoms with Crippen molar-refractivity contribution in [1.82, 2.24) is 15.0 Å². The van der Waals surface area contributed by atoms with E-state index in [1.807, 2.05) is 0 Å². The molecule has 0 unspecified atom stereocenters. The van der Waals surface area contributed by atoms with E-state index in [4.69, 9.17) is 14.0 Å². The summed E-state index contributed by atoms with van der Waals surface area (Å²) in [4.78, 5) is 19.2. The van der Waals surface area contributed by atoms with E-state index in [2.05, 4.69) is 10.1 Å². The number of hydrogen-bond donors (Lipinski definition) is 0. The monoisotopic (exact) mass is 381 g/mol. The van der Waals surface area contributed by atoms with Crippen molar-refractivity contribution in [3.63, 3.8) is 0 Å². The van der Waals surface area contributed by atoms with Crippen LogP contribution in [0.5, 0.6) is 11.5 Å². The number of carbonyl (C=O) groups excluding carboxylic acids is 1. The molecule has 1 saturated heterocycles. The van der Waals surface area contributed by atoms with Crippen molar-refractivity contribution in [3.05, 3.63) is 59.7 Å². The maximum atomic E-state index is 13.1. The number of likely N-dealkylation sites (tertiary alicyclic amines) is 1. The fourth-order valence-corrected chi connectivity index (χ4v) is 3.55. The number of aromatic nitrogens is 2. The average molecular weight is 381 g/mol. The first-order valence-electron chi connectivity index (χ1n) is 8.99. The first kappa shape index (κ1) is 16.7. The number of hydrogen-bond acceptors (Lipinski definition) is 6. The molecule has 1 fully saturated rings. The fourth-order valence-electron chi connectivity index (χ4n) is 3.55. The highest BCUT2D eigenvalue weighted by molar-refractivity contribution is 5.95. The van der Waals surface area contributed by atoms with Crippen LogP contribution in [0.3, 0.4) is 0 Å². The number of carbonyl (C=O) groups is 1. The lowest BCUT2D eigenvalue weighted by Gasteiger charge is -2.22. The summed E-state index contributed by atoms with van der Waals surface area (Å²) in [5, 5.41) is 3.99. The Morgan fingerprint density at radius 2 is 1.93 bits per heavy atom. The Kier molecular flexibility index (Phi) is 3.96. The molecule has 0 saturated carbocycles. The van der Waals surface area contributed by atoms with Gasteiger partial charge in [-0.05, 0) is 55.3 Å². The lowest BCUT2D eigenvalue weighted by molar-refractivity contribution is 0.0709. The molecule has 0 N–H and O–H groups in total. The largest absolute Gasteiger partial charge is 0.454 e. The van der Waals surface area contributed by atoms with Gasteiger partial charge < -0.3 is 18.9 Å². The second-order valence-corrected chi connectivity index (χ2v) is 6.69. The highest BCUT2D eigenvalue weighted by atomic mass is 19.1. The highest BCUT2D eigenvalue weighted by Gasteiger charge is 2.35. The van der Waals surface area contributed by atoms with Gasteiger partial charge in [0, 0.05) is 17.7 Å². The molecule has 0 spiro atoms. The molecular formula is C20H16FN3O4. The topological polar surface area (TPSA) is 77.7 Å². The van der Waals surface area contributed by atoms with Crippen LogP contribution in [-0.4, -0.2) is 34.3 Å². The summed E-state index contributed by atoms with van der Waals surface area (Å²) in [6.45, 7) is 0.764. The molecule has 0 aliphatic carbocycles. The van der Waals surface area contributed by atoms with Crippen LogP contribution in [0, 0.1) is 5.82 Å². The third-order valence-corrected chi connectivity index (χ3v) is 4.96. The van der Waals surface area contributed by atoms with E-state index in [0.29, 0.717) is 40.9 Å². The van der Waals surface area contributed by atoms with Crippen LogP contribution in [-0.2, 0) is 0 Å². The first-order valence-corrected chi connectivity index (χ1v) is 8.99. The Labute approximate surface area is 159 Å². The lowest BCUT2D eigenvalue weighted by Crippen LogP contribution is -2.30. The average Bonchev–Trinajstić information content (AvgIpc) is 3.46. The Balaban J connectivity index is 1.40. The molecule has 2 aliphatic heterocycles. The summed E-state index contributed by atoms with van der Waals surface area (Å²) < 4.78 is 29.2. The summed E-state index contributed by atoms with van der Waals surface area (Å²) in [5.74, 6) is 1.50. The van der Waals surface area contributed by atoms with E-state index in [9.17, 15) is 9.18 Å². The Morgan fingerprint density at radius 1 is 1.11 bits per heavy atom. The normalized spacial score (nSPS) is 17.9. The van der Waals surface area contributed by atoms with E-state index in [0.717, 1.165) is 12.8 Å². The second-order valence-electron chi connectivity index (χ2n) is 6.69. The van der Waals surface area contributed by atoms with Gasteiger partial charge >= 0.3 is 0 Å². The fraction of sp³-hybridized carbons (Fsp3) is 0.250. The molecule has 1 atom stereocenters. The first-order chi connectivity index (χ1) is 13.7. The maximum absolute atomic E-state index is 13.1. The Bertz CT molecular complexity index is 1030. The molecular weight excluding hydrogens is 365 g/mol. The minimum Gasteiger partial charge on any atom is -0.454 e. The lowest BCUT2D eigenvalue weighted by atomic mass is 10.1. The molecule has 0 radical (unpaired) electrons. The van der Waals surface area contributed by atoms with Crippen molar-refractivity contribution in [1.29, 1.82) is 0 Å². The van der Waals surface area contributed by atoms with Gasteiger partial charge in [0.25, 0.3) is 5.91 Å².